The van der Waals surface area contributed by atoms with Crippen LogP contribution >= 0.6 is 15.9 Å². The molecule has 0 unspecified atom stereocenters. The third-order valence-corrected chi connectivity index (χ3v) is 3.55. The van der Waals surface area contributed by atoms with Crippen molar-refractivity contribution in [1.82, 2.24) is 5.32 Å². The number of nitrogens with one attached hydrogen (secondary N) is 2. The zero-order valence-corrected chi connectivity index (χ0v) is 13.9. The largest absolute Gasteiger partial charge is 0.497 e. The Morgan fingerprint density at radius 2 is 1.82 bits per heavy atom. The zero-order valence-electron chi connectivity index (χ0n) is 12.4. The van der Waals surface area contributed by atoms with Gasteiger partial charge in [-0.1, -0.05) is 28.1 Å². The molecule has 2 aromatic carbocycles. The second kappa shape index (κ2) is 7.70. The number of anilines is 1. The molecule has 0 aliphatic carbocycles. The third kappa shape index (κ3) is 4.39. The maximum atomic E-state index is 12.0. The quantitative estimate of drug-likeness (QED) is 0.848. The molecule has 22 heavy (non-hydrogen) atoms. The first-order valence-electron chi connectivity index (χ1n) is 6.63. The van der Waals surface area contributed by atoms with Crippen LogP contribution in [-0.4, -0.2) is 20.3 Å². The number of methoxy groups -OCH3 is 2. The molecule has 0 aromatic heterocycles. The van der Waals surface area contributed by atoms with Gasteiger partial charge in [-0.3, -0.25) is 0 Å². The highest BCUT2D eigenvalue weighted by atomic mass is 79.9. The molecule has 0 fully saturated rings. The molecule has 2 N–H and O–H groups in total. The van der Waals surface area contributed by atoms with Crippen LogP contribution in [0, 0.1) is 0 Å². The van der Waals surface area contributed by atoms with Gasteiger partial charge in [-0.15, -0.1) is 0 Å². The highest BCUT2D eigenvalue weighted by Crippen LogP contribution is 2.28. The van der Waals surface area contributed by atoms with E-state index in [1.54, 1.807) is 32.4 Å². The molecule has 2 rings (SSSR count). The summed E-state index contributed by atoms with van der Waals surface area (Å²) in [5, 5.41) is 5.55. The minimum Gasteiger partial charge on any atom is -0.497 e. The van der Waals surface area contributed by atoms with E-state index < -0.39 is 0 Å². The molecule has 2 amide bonds. The molecule has 0 atom stereocenters. The van der Waals surface area contributed by atoms with Gasteiger partial charge in [-0.2, -0.15) is 0 Å². The molecular formula is C16H17BrN2O3. The maximum absolute atomic E-state index is 12.0. The normalized spacial score (nSPS) is 9.95. The van der Waals surface area contributed by atoms with Gasteiger partial charge in [-0.25, -0.2) is 4.79 Å². The van der Waals surface area contributed by atoms with Crippen molar-refractivity contribution in [3.63, 3.8) is 0 Å². The standard InChI is InChI=1S/C16H17BrN2O3/c1-21-13-7-8-15(22-2)14(9-13)19-16(20)18-10-11-3-5-12(17)6-4-11/h3-9H,10H2,1-2H3,(H2,18,19,20). The monoisotopic (exact) mass is 364 g/mol. The molecule has 0 saturated heterocycles. The van der Waals surface area contributed by atoms with Crippen LogP contribution in [0.3, 0.4) is 0 Å². The lowest BCUT2D eigenvalue weighted by atomic mass is 10.2. The minimum absolute atomic E-state index is 0.311. The molecule has 0 aliphatic rings. The van der Waals surface area contributed by atoms with Gasteiger partial charge in [-0.05, 0) is 29.8 Å². The summed E-state index contributed by atoms with van der Waals surface area (Å²) in [6.45, 7) is 0.436. The second-order valence-corrected chi connectivity index (χ2v) is 5.42. The van der Waals surface area contributed by atoms with E-state index in [0.717, 1.165) is 10.0 Å². The van der Waals surface area contributed by atoms with Gasteiger partial charge in [0.2, 0.25) is 0 Å². The van der Waals surface area contributed by atoms with Crippen LogP contribution in [0.5, 0.6) is 11.5 Å². The highest BCUT2D eigenvalue weighted by Gasteiger charge is 2.08. The van der Waals surface area contributed by atoms with Gasteiger partial charge < -0.3 is 20.1 Å². The van der Waals surface area contributed by atoms with E-state index in [0.29, 0.717) is 23.7 Å². The Kier molecular flexibility index (Phi) is 5.66. The van der Waals surface area contributed by atoms with E-state index in [-0.39, 0.29) is 6.03 Å². The second-order valence-electron chi connectivity index (χ2n) is 4.50. The molecule has 0 spiro atoms. The summed E-state index contributed by atoms with van der Waals surface area (Å²) < 4.78 is 11.4. The van der Waals surface area contributed by atoms with Crippen molar-refractivity contribution >= 4 is 27.6 Å². The van der Waals surface area contributed by atoms with E-state index in [2.05, 4.69) is 26.6 Å². The number of urea groups is 1. The van der Waals surface area contributed by atoms with Crippen molar-refractivity contribution < 1.29 is 14.3 Å². The maximum Gasteiger partial charge on any atom is 0.319 e. The van der Waals surface area contributed by atoms with Gasteiger partial charge >= 0.3 is 6.03 Å². The predicted molar refractivity (Wildman–Crippen MR) is 89.5 cm³/mol. The van der Waals surface area contributed by atoms with Gasteiger partial charge in [0.1, 0.15) is 11.5 Å². The third-order valence-electron chi connectivity index (χ3n) is 3.02. The Labute approximate surface area is 137 Å². The van der Waals surface area contributed by atoms with Crippen LogP contribution in [0.15, 0.2) is 46.9 Å². The van der Waals surface area contributed by atoms with Gasteiger partial charge in [0.05, 0.1) is 19.9 Å². The Hall–Kier alpha value is -2.21. The molecule has 5 nitrogen and oxygen atoms in total. The lowest BCUT2D eigenvalue weighted by molar-refractivity contribution is 0.251. The number of hydrogen-bond donors (Lipinski definition) is 2. The molecule has 6 heteroatoms. The average molecular weight is 365 g/mol. The number of ether oxygens (including phenoxy) is 2. The van der Waals surface area contributed by atoms with Crippen molar-refractivity contribution in [2.45, 2.75) is 6.54 Å². The Bertz CT molecular complexity index is 644. The van der Waals surface area contributed by atoms with Gasteiger partial charge in [0, 0.05) is 17.1 Å². The topological polar surface area (TPSA) is 59.6 Å². The van der Waals surface area contributed by atoms with E-state index in [1.807, 2.05) is 24.3 Å². The molecule has 2 aromatic rings. The summed E-state index contributed by atoms with van der Waals surface area (Å²) in [6, 6.07) is 12.6. The summed E-state index contributed by atoms with van der Waals surface area (Å²) in [5.74, 6) is 1.21. The Morgan fingerprint density at radius 1 is 1.09 bits per heavy atom. The summed E-state index contributed by atoms with van der Waals surface area (Å²) in [4.78, 5) is 12.0. The number of halogens is 1. The Morgan fingerprint density at radius 3 is 2.45 bits per heavy atom. The number of amides is 2. The smallest absolute Gasteiger partial charge is 0.319 e. The minimum atomic E-state index is -0.311. The number of benzene rings is 2. The van der Waals surface area contributed by atoms with E-state index in [9.17, 15) is 4.79 Å². The summed E-state index contributed by atoms with van der Waals surface area (Å²) in [6.07, 6.45) is 0. The fourth-order valence-corrected chi connectivity index (χ4v) is 2.13. The number of carbonyl (C=O) groups is 1. The predicted octanol–water partition coefficient (Wildman–Crippen LogP) is 3.79. The van der Waals surface area contributed by atoms with Crippen molar-refractivity contribution in [2.24, 2.45) is 0 Å². The molecule has 0 aliphatic heterocycles. The van der Waals surface area contributed by atoms with Crippen molar-refractivity contribution in [1.29, 1.82) is 0 Å². The lowest BCUT2D eigenvalue weighted by Gasteiger charge is -2.12. The first kappa shape index (κ1) is 16.2. The summed E-state index contributed by atoms with van der Waals surface area (Å²) in [5.41, 5.74) is 1.56. The fraction of sp³-hybridized carbons (Fsp3) is 0.188. The van der Waals surface area contributed by atoms with E-state index in [4.69, 9.17) is 9.47 Å². The average Bonchev–Trinajstić information content (AvgIpc) is 2.54. The molecular weight excluding hydrogens is 348 g/mol. The number of hydrogen-bond acceptors (Lipinski definition) is 3. The summed E-state index contributed by atoms with van der Waals surface area (Å²) in [7, 11) is 3.12. The van der Waals surface area contributed by atoms with Crippen molar-refractivity contribution in [2.75, 3.05) is 19.5 Å². The highest BCUT2D eigenvalue weighted by molar-refractivity contribution is 9.10. The number of carbonyl (C=O) groups excluding carboxylic acids is 1. The van der Waals surface area contributed by atoms with Crippen molar-refractivity contribution in [3.8, 4) is 11.5 Å². The van der Waals surface area contributed by atoms with Crippen molar-refractivity contribution in [3.05, 3.63) is 52.5 Å². The molecule has 0 radical (unpaired) electrons. The van der Waals surface area contributed by atoms with Crippen LogP contribution in [-0.2, 0) is 6.54 Å². The lowest BCUT2D eigenvalue weighted by Crippen LogP contribution is -2.28. The molecule has 0 bridgehead atoms. The summed E-state index contributed by atoms with van der Waals surface area (Å²) >= 11 is 3.37. The SMILES string of the molecule is COc1ccc(OC)c(NC(=O)NCc2ccc(Br)cc2)c1. The fourth-order valence-electron chi connectivity index (χ4n) is 1.86. The van der Waals surface area contributed by atoms with Crippen LogP contribution in [0.25, 0.3) is 0 Å². The van der Waals surface area contributed by atoms with E-state index in [1.165, 1.54) is 0 Å². The Balaban J connectivity index is 1.98. The van der Waals surface area contributed by atoms with Crippen LogP contribution in [0.1, 0.15) is 5.56 Å². The van der Waals surface area contributed by atoms with Crippen LogP contribution in [0.4, 0.5) is 10.5 Å². The molecule has 0 heterocycles. The molecule has 0 saturated carbocycles. The zero-order chi connectivity index (χ0) is 15.9. The first-order valence-corrected chi connectivity index (χ1v) is 7.43. The van der Waals surface area contributed by atoms with E-state index >= 15 is 0 Å². The van der Waals surface area contributed by atoms with Gasteiger partial charge in [0.15, 0.2) is 0 Å². The first-order chi connectivity index (χ1) is 10.6. The van der Waals surface area contributed by atoms with Gasteiger partial charge in [0.25, 0.3) is 0 Å². The molecule has 116 valence electrons. The number of rotatable bonds is 5. The van der Waals surface area contributed by atoms with Crippen LogP contribution < -0.4 is 20.1 Å². The van der Waals surface area contributed by atoms with Crippen LogP contribution in [0.2, 0.25) is 0 Å².